The maximum Gasteiger partial charge on any atom is 0.220 e. The number of primary amides is 1. The monoisotopic (exact) mass is 278 g/mol. The van der Waals surface area contributed by atoms with Crippen LogP contribution in [-0.2, 0) is 4.79 Å². The summed E-state index contributed by atoms with van der Waals surface area (Å²) in [6, 6.07) is 3.78. The van der Waals surface area contributed by atoms with Crippen molar-refractivity contribution in [3.05, 3.63) is 23.4 Å². The molecule has 1 amide bonds. The number of nitrogens with zero attached hydrogens (tertiary/aromatic N) is 2. The van der Waals surface area contributed by atoms with Crippen LogP contribution in [0.5, 0.6) is 0 Å². The first-order valence-electron chi connectivity index (χ1n) is 6.30. The first-order chi connectivity index (χ1) is 8.97. The van der Waals surface area contributed by atoms with E-state index in [1.807, 2.05) is 19.1 Å². The molecule has 0 radical (unpaired) electrons. The minimum absolute atomic E-state index is 0.0175. The summed E-state index contributed by atoms with van der Waals surface area (Å²) in [5, 5.41) is 0. The molecule has 0 aliphatic carbocycles. The SMILES string of the molecule is Cc1cc(C(N)=S)cc(N2CCC(C(N)=O)CC2)n1. The molecule has 1 fully saturated rings. The number of aromatic nitrogens is 1. The van der Waals surface area contributed by atoms with Crippen LogP contribution in [0.2, 0.25) is 0 Å². The number of thiocarbonyl (C=S) groups is 1. The molecule has 5 nitrogen and oxygen atoms in total. The minimum Gasteiger partial charge on any atom is -0.389 e. The van der Waals surface area contributed by atoms with Gasteiger partial charge in [0.2, 0.25) is 5.91 Å². The fraction of sp³-hybridized carbons (Fsp3) is 0.462. The fourth-order valence-electron chi connectivity index (χ4n) is 2.35. The zero-order chi connectivity index (χ0) is 14.0. The summed E-state index contributed by atoms with van der Waals surface area (Å²) >= 11 is 5.01. The van der Waals surface area contributed by atoms with Gasteiger partial charge >= 0.3 is 0 Å². The Hall–Kier alpha value is -1.69. The normalized spacial score (nSPS) is 16.4. The van der Waals surface area contributed by atoms with Crippen molar-refractivity contribution in [1.29, 1.82) is 0 Å². The molecule has 1 aromatic heterocycles. The molecule has 6 heteroatoms. The number of aryl methyl sites for hydroxylation is 1. The molecule has 2 rings (SSSR count). The van der Waals surface area contributed by atoms with Gasteiger partial charge in [0.15, 0.2) is 0 Å². The highest BCUT2D eigenvalue weighted by atomic mass is 32.1. The molecular formula is C13H18N4OS. The molecular weight excluding hydrogens is 260 g/mol. The van der Waals surface area contributed by atoms with E-state index in [1.54, 1.807) is 0 Å². The number of pyridine rings is 1. The predicted molar refractivity (Wildman–Crippen MR) is 79.0 cm³/mol. The van der Waals surface area contributed by atoms with E-state index in [-0.39, 0.29) is 11.8 Å². The number of anilines is 1. The molecule has 1 aliphatic heterocycles. The summed E-state index contributed by atoms with van der Waals surface area (Å²) in [4.78, 5) is 18.2. The van der Waals surface area contributed by atoms with Gasteiger partial charge in [-0.3, -0.25) is 4.79 Å². The van der Waals surface area contributed by atoms with Crippen molar-refractivity contribution in [1.82, 2.24) is 4.98 Å². The molecule has 1 aromatic rings. The average Bonchev–Trinajstić information content (AvgIpc) is 2.38. The zero-order valence-corrected chi connectivity index (χ0v) is 11.7. The predicted octanol–water partition coefficient (Wildman–Crippen LogP) is 0.726. The Balaban J connectivity index is 2.15. The van der Waals surface area contributed by atoms with Gasteiger partial charge in [-0.15, -0.1) is 0 Å². The zero-order valence-electron chi connectivity index (χ0n) is 10.9. The van der Waals surface area contributed by atoms with Crippen LogP contribution < -0.4 is 16.4 Å². The smallest absolute Gasteiger partial charge is 0.220 e. The number of hydrogen-bond donors (Lipinski definition) is 2. The molecule has 0 bridgehead atoms. The van der Waals surface area contributed by atoms with Crippen LogP contribution in [0.1, 0.15) is 24.1 Å². The fourth-order valence-corrected chi connectivity index (χ4v) is 2.47. The molecule has 19 heavy (non-hydrogen) atoms. The summed E-state index contributed by atoms with van der Waals surface area (Å²) in [5.41, 5.74) is 12.7. The Bertz CT molecular complexity index is 509. The van der Waals surface area contributed by atoms with E-state index in [4.69, 9.17) is 23.7 Å². The number of piperidine rings is 1. The van der Waals surface area contributed by atoms with Crippen LogP contribution in [0, 0.1) is 12.8 Å². The number of carbonyl (C=O) groups excluding carboxylic acids is 1. The van der Waals surface area contributed by atoms with Gasteiger partial charge in [0, 0.05) is 30.3 Å². The van der Waals surface area contributed by atoms with E-state index in [1.165, 1.54) is 0 Å². The summed E-state index contributed by atoms with van der Waals surface area (Å²) < 4.78 is 0. The Morgan fingerprint density at radius 1 is 1.37 bits per heavy atom. The lowest BCUT2D eigenvalue weighted by Gasteiger charge is -2.31. The number of amides is 1. The first-order valence-corrected chi connectivity index (χ1v) is 6.71. The third-order valence-electron chi connectivity index (χ3n) is 3.45. The molecule has 1 aliphatic rings. The molecule has 0 atom stereocenters. The van der Waals surface area contributed by atoms with E-state index in [0.29, 0.717) is 4.99 Å². The second-order valence-corrected chi connectivity index (χ2v) is 5.32. The Labute approximate surface area is 118 Å². The standard InChI is InChI=1S/C13H18N4OS/c1-8-6-10(13(15)19)7-11(16-8)17-4-2-9(3-5-17)12(14)18/h6-7,9H,2-5H2,1H3,(H2,14,18)(H2,15,19). The van der Waals surface area contributed by atoms with Crippen molar-refractivity contribution >= 4 is 28.9 Å². The number of hydrogen-bond acceptors (Lipinski definition) is 4. The van der Waals surface area contributed by atoms with Crippen LogP contribution >= 0.6 is 12.2 Å². The van der Waals surface area contributed by atoms with Crippen molar-refractivity contribution in [2.24, 2.45) is 17.4 Å². The Morgan fingerprint density at radius 3 is 2.53 bits per heavy atom. The van der Waals surface area contributed by atoms with Gasteiger partial charge < -0.3 is 16.4 Å². The molecule has 102 valence electrons. The van der Waals surface area contributed by atoms with E-state index in [0.717, 1.165) is 43.0 Å². The highest BCUT2D eigenvalue weighted by Gasteiger charge is 2.24. The topological polar surface area (TPSA) is 85.2 Å². The van der Waals surface area contributed by atoms with Gasteiger partial charge in [-0.25, -0.2) is 4.98 Å². The number of rotatable bonds is 3. The summed E-state index contributed by atoms with van der Waals surface area (Å²) in [6.45, 7) is 3.48. The first kappa shape index (κ1) is 13.7. The van der Waals surface area contributed by atoms with Crippen molar-refractivity contribution in [2.75, 3.05) is 18.0 Å². The lowest BCUT2D eigenvalue weighted by molar-refractivity contribution is -0.122. The Morgan fingerprint density at radius 2 is 2.00 bits per heavy atom. The lowest BCUT2D eigenvalue weighted by atomic mass is 9.96. The molecule has 1 saturated heterocycles. The lowest BCUT2D eigenvalue weighted by Crippen LogP contribution is -2.39. The number of nitrogens with two attached hydrogens (primary N) is 2. The molecule has 0 spiro atoms. The van der Waals surface area contributed by atoms with Gasteiger partial charge in [-0.05, 0) is 31.9 Å². The summed E-state index contributed by atoms with van der Waals surface area (Å²) in [7, 11) is 0. The third-order valence-corrected chi connectivity index (χ3v) is 3.68. The van der Waals surface area contributed by atoms with E-state index in [9.17, 15) is 4.79 Å². The minimum atomic E-state index is -0.208. The van der Waals surface area contributed by atoms with Crippen LogP contribution in [-0.4, -0.2) is 29.0 Å². The van der Waals surface area contributed by atoms with E-state index < -0.39 is 0 Å². The van der Waals surface area contributed by atoms with Gasteiger partial charge in [0.1, 0.15) is 10.8 Å². The maximum absolute atomic E-state index is 11.1. The maximum atomic E-state index is 11.1. The van der Waals surface area contributed by atoms with Crippen molar-refractivity contribution in [2.45, 2.75) is 19.8 Å². The molecule has 0 saturated carbocycles. The van der Waals surface area contributed by atoms with Crippen molar-refractivity contribution in [3.63, 3.8) is 0 Å². The van der Waals surface area contributed by atoms with Gasteiger partial charge in [0.05, 0.1) is 0 Å². The number of carbonyl (C=O) groups is 1. The quantitative estimate of drug-likeness (QED) is 0.796. The molecule has 2 heterocycles. The summed E-state index contributed by atoms with van der Waals surface area (Å²) in [5.74, 6) is 0.641. The second-order valence-electron chi connectivity index (χ2n) is 4.88. The highest BCUT2D eigenvalue weighted by molar-refractivity contribution is 7.80. The van der Waals surface area contributed by atoms with Crippen LogP contribution in [0.15, 0.2) is 12.1 Å². The van der Waals surface area contributed by atoms with Crippen molar-refractivity contribution in [3.8, 4) is 0 Å². The largest absolute Gasteiger partial charge is 0.389 e. The van der Waals surface area contributed by atoms with E-state index >= 15 is 0 Å². The second kappa shape index (κ2) is 5.52. The van der Waals surface area contributed by atoms with Crippen LogP contribution in [0.4, 0.5) is 5.82 Å². The van der Waals surface area contributed by atoms with E-state index in [2.05, 4.69) is 9.88 Å². The molecule has 4 N–H and O–H groups in total. The van der Waals surface area contributed by atoms with Gasteiger partial charge in [0.25, 0.3) is 0 Å². The van der Waals surface area contributed by atoms with Crippen LogP contribution in [0.25, 0.3) is 0 Å². The summed E-state index contributed by atoms with van der Waals surface area (Å²) in [6.07, 6.45) is 1.54. The van der Waals surface area contributed by atoms with Gasteiger partial charge in [-0.2, -0.15) is 0 Å². The average molecular weight is 278 g/mol. The van der Waals surface area contributed by atoms with Gasteiger partial charge in [-0.1, -0.05) is 12.2 Å². The highest BCUT2D eigenvalue weighted by Crippen LogP contribution is 2.23. The molecule has 0 unspecified atom stereocenters. The van der Waals surface area contributed by atoms with Crippen LogP contribution in [0.3, 0.4) is 0 Å². The molecule has 0 aromatic carbocycles. The third kappa shape index (κ3) is 3.20. The Kier molecular flexibility index (Phi) is 3.99. The van der Waals surface area contributed by atoms with Crippen molar-refractivity contribution < 1.29 is 4.79 Å².